The smallest absolute Gasteiger partial charge is 0.120 e. The molecule has 1 heterocycles. The van der Waals surface area contributed by atoms with E-state index in [0.717, 1.165) is 32.9 Å². The molecule has 0 unspecified atom stereocenters. The molecule has 0 radical (unpaired) electrons. The maximum absolute atomic E-state index is 5.78. The van der Waals surface area contributed by atoms with E-state index in [2.05, 4.69) is 16.4 Å². The molecule has 4 nitrogen and oxygen atoms in total. The highest BCUT2D eigenvalue weighted by molar-refractivity contribution is 7.80. The van der Waals surface area contributed by atoms with Crippen LogP contribution in [-0.2, 0) is 0 Å². The molecule has 2 aromatic carbocycles. The minimum absolute atomic E-state index is 0.346. The second kappa shape index (κ2) is 5.67. The lowest BCUT2D eigenvalue weighted by Crippen LogP contribution is -2.12. The van der Waals surface area contributed by atoms with Crippen molar-refractivity contribution in [3.8, 4) is 5.75 Å². The van der Waals surface area contributed by atoms with Gasteiger partial charge in [0.2, 0.25) is 0 Å². The van der Waals surface area contributed by atoms with Gasteiger partial charge in [0.15, 0.2) is 0 Å². The van der Waals surface area contributed by atoms with Crippen molar-refractivity contribution in [1.29, 1.82) is 0 Å². The quantitative estimate of drug-likeness (QED) is 0.719. The Morgan fingerprint density at radius 2 is 2.14 bits per heavy atom. The van der Waals surface area contributed by atoms with Crippen LogP contribution in [0.5, 0.6) is 5.75 Å². The van der Waals surface area contributed by atoms with Crippen molar-refractivity contribution in [3.05, 3.63) is 47.5 Å². The topological polar surface area (TPSA) is 60.2 Å². The molecule has 21 heavy (non-hydrogen) atoms. The number of aromatic nitrogens is 1. The number of methoxy groups -OCH3 is 1. The van der Waals surface area contributed by atoms with E-state index in [1.54, 1.807) is 18.4 Å². The van der Waals surface area contributed by atoms with Crippen molar-refractivity contribution in [2.75, 3.05) is 12.4 Å². The van der Waals surface area contributed by atoms with Gasteiger partial charge in [0, 0.05) is 17.3 Å². The van der Waals surface area contributed by atoms with Gasteiger partial charge in [-0.1, -0.05) is 12.2 Å². The van der Waals surface area contributed by atoms with E-state index in [0.29, 0.717) is 4.99 Å². The lowest BCUT2D eigenvalue weighted by Gasteiger charge is -2.13. The molecule has 0 amide bonds. The summed E-state index contributed by atoms with van der Waals surface area (Å²) in [4.78, 5) is 4.62. The van der Waals surface area contributed by atoms with Crippen molar-refractivity contribution in [3.63, 3.8) is 0 Å². The summed E-state index contributed by atoms with van der Waals surface area (Å²) >= 11 is 6.70. The first-order chi connectivity index (χ1) is 10.2. The fourth-order valence-corrected chi connectivity index (χ4v) is 2.95. The van der Waals surface area contributed by atoms with Crippen LogP contribution in [0.2, 0.25) is 0 Å². The zero-order valence-electron chi connectivity index (χ0n) is 11.3. The van der Waals surface area contributed by atoms with Gasteiger partial charge in [-0.25, -0.2) is 4.98 Å². The standard InChI is InChI=1S/C15H13N3OS2/c1-19-10-3-4-11(15(16)20)13(7-10)18-9-2-5-12-14(6-9)21-8-17-12/h2-8,18H,1H3,(H2,16,20). The number of thiazole rings is 1. The van der Waals surface area contributed by atoms with E-state index < -0.39 is 0 Å². The first-order valence-electron chi connectivity index (χ1n) is 6.25. The van der Waals surface area contributed by atoms with Crippen LogP contribution < -0.4 is 15.8 Å². The summed E-state index contributed by atoms with van der Waals surface area (Å²) in [7, 11) is 1.63. The average molecular weight is 315 g/mol. The molecule has 0 saturated heterocycles. The summed E-state index contributed by atoms with van der Waals surface area (Å²) in [5, 5.41) is 3.34. The number of nitrogens with one attached hydrogen (secondary N) is 1. The summed E-state index contributed by atoms with van der Waals surface area (Å²) in [6, 6.07) is 11.6. The number of anilines is 2. The second-order valence-corrected chi connectivity index (χ2v) is 5.76. The number of thiocarbonyl (C=S) groups is 1. The van der Waals surface area contributed by atoms with Crippen molar-refractivity contribution < 1.29 is 4.74 Å². The van der Waals surface area contributed by atoms with Gasteiger partial charge in [-0.15, -0.1) is 11.3 Å². The van der Waals surface area contributed by atoms with E-state index in [1.165, 1.54) is 0 Å². The normalized spacial score (nSPS) is 10.5. The number of rotatable bonds is 4. The Morgan fingerprint density at radius 3 is 2.90 bits per heavy atom. The number of nitrogens with zero attached hydrogens (tertiary/aromatic N) is 1. The third-order valence-corrected chi connectivity index (χ3v) is 4.11. The minimum atomic E-state index is 0.346. The molecule has 0 saturated carbocycles. The summed E-state index contributed by atoms with van der Waals surface area (Å²) in [6.45, 7) is 0. The molecular weight excluding hydrogens is 302 g/mol. The SMILES string of the molecule is COc1ccc(C(N)=S)c(Nc2ccc3ncsc3c2)c1. The fourth-order valence-electron chi connectivity index (χ4n) is 2.06. The summed E-state index contributed by atoms with van der Waals surface area (Å²) < 4.78 is 6.38. The number of hydrogen-bond acceptors (Lipinski definition) is 5. The Hall–Kier alpha value is -2.18. The van der Waals surface area contributed by atoms with Gasteiger partial charge >= 0.3 is 0 Å². The van der Waals surface area contributed by atoms with Crippen LogP contribution in [0.4, 0.5) is 11.4 Å². The van der Waals surface area contributed by atoms with Gasteiger partial charge in [-0.2, -0.15) is 0 Å². The highest BCUT2D eigenvalue weighted by Gasteiger charge is 2.08. The molecule has 3 rings (SSSR count). The van der Waals surface area contributed by atoms with Gasteiger partial charge in [0.25, 0.3) is 0 Å². The van der Waals surface area contributed by atoms with Crippen LogP contribution in [0.1, 0.15) is 5.56 Å². The predicted octanol–water partition coefficient (Wildman–Crippen LogP) is 3.68. The Labute approximate surface area is 131 Å². The average Bonchev–Trinajstić information content (AvgIpc) is 2.94. The van der Waals surface area contributed by atoms with E-state index in [-0.39, 0.29) is 0 Å². The molecule has 0 bridgehead atoms. The van der Waals surface area contributed by atoms with Crippen molar-refractivity contribution in [2.24, 2.45) is 5.73 Å². The molecule has 106 valence electrons. The fraction of sp³-hybridized carbons (Fsp3) is 0.0667. The maximum atomic E-state index is 5.78. The molecule has 1 aromatic heterocycles. The molecule has 6 heteroatoms. The molecule has 0 spiro atoms. The first-order valence-corrected chi connectivity index (χ1v) is 7.54. The van der Waals surface area contributed by atoms with Crippen LogP contribution in [0.3, 0.4) is 0 Å². The Balaban J connectivity index is 2.00. The predicted molar refractivity (Wildman–Crippen MR) is 91.8 cm³/mol. The van der Waals surface area contributed by atoms with Crippen molar-refractivity contribution >= 4 is 50.1 Å². The van der Waals surface area contributed by atoms with E-state index >= 15 is 0 Å². The van der Waals surface area contributed by atoms with Gasteiger partial charge in [-0.3, -0.25) is 0 Å². The Bertz CT molecular complexity index is 814. The molecule has 3 N–H and O–H groups in total. The first kappa shape index (κ1) is 13.8. The van der Waals surface area contributed by atoms with Crippen LogP contribution in [0, 0.1) is 0 Å². The van der Waals surface area contributed by atoms with Gasteiger partial charge in [0.1, 0.15) is 10.7 Å². The zero-order valence-corrected chi connectivity index (χ0v) is 12.9. The lowest BCUT2D eigenvalue weighted by atomic mass is 10.1. The molecular formula is C15H13N3OS2. The van der Waals surface area contributed by atoms with Crippen LogP contribution in [0.25, 0.3) is 10.2 Å². The molecule has 0 fully saturated rings. The van der Waals surface area contributed by atoms with Gasteiger partial charge in [-0.05, 0) is 30.3 Å². The summed E-state index contributed by atoms with van der Waals surface area (Å²) in [5.74, 6) is 0.747. The maximum Gasteiger partial charge on any atom is 0.120 e. The van der Waals surface area contributed by atoms with E-state index in [9.17, 15) is 0 Å². The molecule has 0 aliphatic heterocycles. The van der Waals surface area contributed by atoms with Crippen LogP contribution in [-0.4, -0.2) is 17.1 Å². The highest BCUT2D eigenvalue weighted by atomic mass is 32.1. The Morgan fingerprint density at radius 1 is 1.29 bits per heavy atom. The largest absolute Gasteiger partial charge is 0.497 e. The van der Waals surface area contributed by atoms with Crippen molar-refractivity contribution in [1.82, 2.24) is 4.98 Å². The third kappa shape index (κ3) is 2.81. The molecule has 0 atom stereocenters. The number of benzene rings is 2. The summed E-state index contributed by atoms with van der Waals surface area (Å²) in [5.41, 5.74) is 11.2. The van der Waals surface area contributed by atoms with Crippen LogP contribution >= 0.6 is 23.6 Å². The monoisotopic (exact) mass is 315 g/mol. The van der Waals surface area contributed by atoms with Gasteiger partial charge in [0.05, 0.1) is 28.5 Å². The number of ether oxygens (including phenoxy) is 1. The zero-order chi connectivity index (χ0) is 14.8. The van der Waals surface area contributed by atoms with Crippen molar-refractivity contribution in [2.45, 2.75) is 0 Å². The Kier molecular flexibility index (Phi) is 3.72. The highest BCUT2D eigenvalue weighted by Crippen LogP contribution is 2.28. The second-order valence-electron chi connectivity index (χ2n) is 4.44. The number of fused-ring (bicyclic) bond motifs is 1. The molecule has 0 aliphatic rings. The summed E-state index contributed by atoms with van der Waals surface area (Å²) in [6.07, 6.45) is 0. The minimum Gasteiger partial charge on any atom is -0.497 e. The molecule has 0 aliphatic carbocycles. The van der Waals surface area contributed by atoms with Gasteiger partial charge < -0.3 is 15.8 Å². The molecule has 3 aromatic rings. The number of nitrogens with two attached hydrogens (primary N) is 1. The van der Waals surface area contributed by atoms with E-state index in [4.69, 9.17) is 22.7 Å². The van der Waals surface area contributed by atoms with E-state index in [1.807, 2.05) is 35.8 Å². The lowest BCUT2D eigenvalue weighted by molar-refractivity contribution is 0.415. The van der Waals surface area contributed by atoms with Crippen LogP contribution in [0.15, 0.2) is 41.9 Å². The number of hydrogen-bond donors (Lipinski definition) is 2. The third-order valence-electron chi connectivity index (χ3n) is 3.10.